The van der Waals surface area contributed by atoms with Crippen molar-refractivity contribution < 1.29 is 0 Å². The first-order chi connectivity index (χ1) is 9.26. The van der Waals surface area contributed by atoms with Crippen molar-refractivity contribution in [1.29, 1.82) is 0 Å². The molecule has 1 aromatic rings. The van der Waals surface area contributed by atoms with Gasteiger partial charge in [0, 0.05) is 10.9 Å². The van der Waals surface area contributed by atoms with Crippen molar-refractivity contribution in [3.63, 3.8) is 0 Å². The van der Waals surface area contributed by atoms with Gasteiger partial charge in [-0.1, -0.05) is 33.1 Å². The molecule has 1 atom stereocenters. The van der Waals surface area contributed by atoms with Gasteiger partial charge in [0.1, 0.15) is 0 Å². The summed E-state index contributed by atoms with van der Waals surface area (Å²) in [5, 5.41) is 6.08. The monoisotopic (exact) mass is 279 g/mol. The summed E-state index contributed by atoms with van der Waals surface area (Å²) in [5.74, 6) is 1.85. The highest BCUT2D eigenvalue weighted by molar-refractivity contribution is 7.10. The molecule has 0 aliphatic heterocycles. The van der Waals surface area contributed by atoms with Crippen LogP contribution in [0.5, 0.6) is 0 Å². The first-order valence-electron chi connectivity index (χ1n) is 8.03. The molecule has 108 valence electrons. The van der Waals surface area contributed by atoms with Crippen LogP contribution in [-0.2, 0) is 0 Å². The second kappa shape index (κ2) is 7.44. The van der Waals surface area contributed by atoms with Crippen LogP contribution in [0.4, 0.5) is 0 Å². The van der Waals surface area contributed by atoms with Gasteiger partial charge >= 0.3 is 0 Å². The standard InChI is InChI=1S/C17H29NS/c1-4-11-18-16(17-13(3)10-12-19-17)15-8-6-14(5-2)7-9-15/h10,12,14-16,18H,4-9,11H2,1-3H3. The van der Waals surface area contributed by atoms with Gasteiger partial charge < -0.3 is 5.32 Å². The molecule has 1 aliphatic carbocycles. The Balaban J connectivity index is 2.04. The fraction of sp³-hybridized carbons (Fsp3) is 0.765. The largest absolute Gasteiger partial charge is 0.309 e. The average Bonchev–Trinajstić information content (AvgIpc) is 2.86. The average molecular weight is 279 g/mol. The Morgan fingerprint density at radius 2 is 2.00 bits per heavy atom. The van der Waals surface area contributed by atoms with Gasteiger partial charge in [-0.05, 0) is 61.6 Å². The van der Waals surface area contributed by atoms with Crippen LogP contribution < -0.4 is 5.32 Å². The van der Waals surface area contributed by atoms with Crippen molar-refractivity contribution in [3.8, 4) is 0 Å². The van der Waals surface area contributed by atoms with E-state index in [0.717, 1.165) is 18.4 Å². The fourth-order valence-electron chi connectivity index (χ4n) is 3.41. The molecule has 1 N–H and O–H groups in total. The molecule has 1 nitrogen and oxygen atoms in total. The second-order valence-electron chi connectivity index (χ2n) is 6.09. The van der Waals surface area contributed by atoms with Crippen LogP contribution in [0.15, 0.2) is 11.4 Å². The van der Waals surface area contributed by atoms with Crippen LogP contribution in [0.25, 0.3) is 0 Å². The summed E-state index contributed by atoms with van der Waals surface area (Å²) >= 11 is 1.95. The van der Waals surface area contributed by atoms with Crippen LogP contribution in [0, 0.1) is 18.8 Å². The van der Waals surface area contributed by atoms with Crippen LogP contribution in [0.2, 0.25) is 0 Å². The molecular formula is C17H29NS. The molecule has 2 heteroatoms. The van der Waals surface area contributed by atoms with Crippen molar-refractivity contribution in [1.82, 2.24) is 5.32 Å². The molecule has 0 aromatic carbocycles. The van der Waals surface area contributed by atoms with E-state index in [1.165, 1.54) is 44.1 Å². The molecule has 0 radical (unpaired) electrons. The van der Waals surface area contributed by atoms with E-state index in [-0.39, 0.29) is 0 Å². The predicted octanol–water partition coefficient (Wildman–Crippen LogP) is 5.31. The molecule has 1 aromatic heterocycles. The maximum atomic E-state index is 3.83. The molecule has 0 spiro atoms. The normalized spacial score (nSPS) is 25.4. The molecule has 1 aliphatic rings. The molecule has 1 unspecified atom stereocenters. The second-order valence-corrected chi connectivity index (χ2v) is 7.04. The van der Waals surface area contributed by atoms with E-state index in [9.17, 15) is 0 Å². The van der Waals surface area contributed by atoms with Crippen molar-refractivity contribution in [2.45, 2.75) is 65.3 Å². The summed E-state index contributed by atoms with van der Waals surface area (Å²) < 4.78 is 0. The van der Waals surface area contributed by atoms with Gasteiger partial charge in [0.2, 0.25) is 0 Å². The van der Waals surface area contributed by atoms with E-state index in [1.54, 1.807) is 4.88 Å². The topological polar surface area (TPSA) is 12.0 Å². The maximum absolute atomic E-state index is 3.83. The Hall–Kier alpha value is -0.340. The Kier molecular flexibility index (Phi) is 5.90. The number of aryl methyl sites for hydroxylation is 1. The smallest absolute Gasteiger partial charge is 0.0446 e. The summed E-state index contributed by atoms with van der Waals surface area (Å²) in [6.45, 7) is 8.03. The SMILES string of the molecule is CCCNC(c1sccc1C)C1CCC(CC)CC1. The third-order valence-electron chi connectivity index (χ3n) is 4.74. The van der Waals surface area contributed by atoms with Gasteiger partial charge in [0.05, 0.1) is 0 Å². The van der Waals surface area contributed by atoms with Gasteiger partial charge in [0.15, 0.2) is 0 Å². The molecule has 1 saturated carbocycles. The van der Waals surface area contributed by atoms with Gasteiger partial charge in [-0.3, -0.25) is 0 Å². The molecule has 19 heavy (non-hydrogen) atoms. The third kappa shape index (κ3) is 3.82. The number of rotatable bonds is 6. The number of hydrogen-bond acceptors (Lipinski definition) is 2. The van der Waals surface area contributed by atoms with Crippen LogP contribution in [-0.4, -0.2) is 6.54 Å². The lowest BCUT2D eigenvalue weighted by atomic mass is 9.77. The number of nitrogens with one attached hydrogen (secondary N) is 1. The molecular weight excluding hydrogens is 250 g/mol. The van der Waals surface area contributed by atoms with Crippen molar-refractivity contribution >= 4 is 11.3 Å². The van der Waals surface area contributed by atoms with Crippen molar-refractivity contribution in [2.24, 2.45) is 11.8 Å². The first-order valence-corrected chi connectivity index (χ1v) is 8.91. The zero-order chi connectivity index (χ0) is 13.7. The first kappa shape index (κ1) is 15.1. The fourth-order valence-corrected chi connectivity index (χ4v) is 4.50. The van der Waals surface area contributed by atoms with Crippen LogP contribution >= 0.6 is 11.3 Å². The Bertz CT molecular complexity index is 363. The van der Waals surface area contributed by atoms with E-state index < -0.39 is 0 Å². The summed E-state index contributed by atoms with van der Waals surface area (Å²) in [5.41, 5.74) is 1.48. The van der Waals surface area contributed by atoms with E-state index in [2.05, 4.69) is 37.5 Å². The molecule has 0 amide bonds. The zero-order valence-corrected chi connectivity index (χ0v) is 13.6. The third-order valence-corrected chi connectivity index (χ3v) is 5.84. The lowest BCUT2D eigenvalue weighted by Gasteiger charge is -2.34. The number of hydrogen-bond donors (Lipinski definition) is 1. The van der Waals surface area contributed by atoms with E-state index >= 15 is 0 Å². The van der Waals surface area contributed by atoms with Gasteiger partial charge in [0.25, 0.3) is 0 Å². The van der Waals surface area contributed by atoms with Crippen LogP contribution in [0.3, 0.4) is 0 Å². The number of thiophene rings is 1. The van der Waals surface area contributed by atoms with Gasteiger partial charge in [-0.25, -0.2) is 0 Å². The molecule has 0 saturated heterocycles. The minimum Gasteiger partial charge on any atom is -0.309 e. The Morgan fingerprint density at radius 1 is 1.26 bits per heavy atom. The van der Waals surface area contributed by atoms with Crippen LogP contribution in [0.1, 0.15) is 68.9 Å². The Labute approximate surface area is 122 Å². The highest BCUT2D eigenvalue weighted by Gasteiger charge is 2.29. The Morgan fingerprint density at radius 3 is 2.53 bits per heavy atom. The summed E-state index contributed by atoms with van der Waals surface area (Å²) in [4.78, 5) is 1.59. The lowest BCUT2D eigenvalue weighted by molar-refractivity contribution is 0.220. The van der Waals surface area contributed by atoms with Crippen molar-refractivity contribution in [3.05, 3.63) is 21.9 Å². The highest BCUT2D eigenvalue weighted by atomic mass is 32.1. The van der Waals surface area contributed by atoms with Crippen molar-refractivity contribution in [2.75, 3.05) is 6.54 Å². The van der Waals surface area contributed by atoms with Gasteiger partial charge in [-0.15, -0.1) is 11.3 Å². The van der Waals surface area contributed by atoms with E-state index in [4.69, 9.17) is 0 Å². The molecule has 1 heterocycles. The van der Waals surface area contributed by atoms with E-state index in [1.807, 2.05) is 11.3 Å². The molecule has 1 fully saturated rings. The predicted molar refractivity (Wildman–Crippen MR) is 85.8 cm³/mol. The lowest BCUT2D eigenvalue weighted by Crippen LogP contribution is -2.31. The summed E-state index contributed by atoms with van der Waals surface area (Å²) in [7, 11) is 0. The minimum atomic E-state index is 0.609. The molecule has 0 bridgehead atoms. The molecule has 2 rings (SSSR count). The maximum Gasteiger partial charge on any atom is 0.0446 e. The zero-order valence-electron chi connectivity index (χ0n) is 12.7. The van der Waals surface area contributed by atoms with E-state index in [0.29, 0.717) is 6.04 Å². The minimum absolute atomic E-state index is 0.609. The highest BCUT2D eigenvalue weighted by Crippen LogP contribution is 2.40. The van der Waals surface area contributed by atoms with Gasteiger partial charge in [-0.2, -0.15) is 0 Å². The quantitative estimate of drug-likeness (QED) is 0.743. The summed E-state index contributed by atoms with van der Waals surface area (Å²) in [6.07, 6.45) is 8.31. The summed E-state index contributed by atoms with van der Waals surface area (Å²) in [6, 6.07) is 2.89.